The molecule has 160 valence electrons. The monoisotopic (exact) mass is 451 g/mol. The van der Waals surface area contributed by atoms with Gasteiger partial charge in [0.2, 0.25) is 5.91 Å². The fourth-order valence-electron chi connectivity index (χ4n) is 2.88. The number of aromatic nitrogens is 3. The molecule has 2 amide bonds. The summed E-state index contributed by atoms with van der Waals surface area (Å²) in [5.41, 5.74) is 10.3. The Morgan fingerprint density at radius 3 is 2.56 bits per heavy atom. The first kappa shape index (κ1) is 22.1. The van der Waals surface area contributed by atoms with Crippen molar-refractivity contribution in [1.29, 1.82) is 10.5 Å². The van der Waals surface area contributed by atoms with Gasteiger partial charge in [-0.2, -0.15) is 10.5 Å². The van der Waals surface area contributed by atoms with Crippen molar-refractivity contribution in [2.75, 3.05) is 16.8 Å². The second kappa shape index (κ2) is 9.03. The summed E-state index contributed by atoms with van der Waals surface area (Å²) in [5, 5.41) is 24.2. The van der Waals surface area contributed by atoms with Gasteiger partial charge in [0.15, 0.2) is 7.05 Å². The third-order valence-corrected chi connectivity index (χ3v) is 5.24. The van der Waals surface area contributed by atoms with Gasteiger partial charge in [-0.15, -0.1) is 0 Å². The van der Waals surface area contributed by atoms with E-state index in [2.05, 4.69) is 15.6 Å². The Bertz CT molecular complexity index is 1380. The summed E-state index contributed by atoms with van der Waals surface area (Å²) in [6.07, 6.45) is 0. The number of amides is 2. The molecule has 0 aliphatic rings. The second-order valence-corrected chi connectivity index (χ2v) is 7.25. The van der Waals surface area contributed by atoms with Crippen LogP contribution < -0.4 is 27.1 Å². The molecule has 0 unspecified atom stereocenters. The van der Waals surface area contributed by atoms with Crippen molar-refractivity contribution in [3.8, 4) is 23.4 Å². The summed E-state index contributed by atoms with van der Waals surface area (Å²) >= 11 is 0.866. The minimum Gasteiger partial charge on any atom is -0.383 e. The van der Waals surface area contributed by atoms with Gasteiger partial charge in [-0.05, 0) is 17.4 Å². The molecule has 3 aromatic rings. The van der Waals surface area contributed by atoms with Crippen LogP contribution in [0.5, 0.6) is 0 Å². The van der Waals surface area contributed by atoms with Crippen LogP contribution in [0.15, 0.2) is 38.6 Å². The average Bonchev–Trinajstić information content (AvgIpc) is 3.09. The smallest absolute Gasteiger partial charge is 0.383 e. The van der Waals surface area contributed by atoms with E-state index in [0.29, 0.717) is 0 Å². The Kier molecular flexibility index (Phi) is 6.23. The summed E-state index contributed by atoms with van der Waals surface area (Å²) < 4.78 is 5.91. The minimum absolute atomic E-state index is 0.0398. The Balaban J connectivity index is 1.96. The molecule has 0 aliphatic heterocycles. The van der Waals surface area contributed by atoms with E-state index < -0.39 is 17.4 Å². The number of carbonyl (C=O) groups is 2. The van der Waals surface area contributed by atoms with E-state index in [9.17, 15) is 24.9 Å². The fourth-order valence-corrected chi connectivity index (χ4v) is 3.67. The van der Waals surface area contributed by atoms with E-state index in [1.165, 1.54) is 23.9 Å². The number of benzene rings is 1. The number of nitrogen functional groups attached to an aromatic ring is 1. The molecule has 1 aromatic carbocycles. The largest absolute Gasteiger partial charge is 0.435 e. The summed E-state index contributed by atoms with van der Waals surface area (Å²) in [6, 6.07) is 9.98. The van der Waals surface area contributed by atoms with Crippen molar-refractivity contribution in [2.45, 2.75) is 5.03 Å². The maximum Gasteiger partial charge on any atom is 0.435 e. The number of hydrogen-bond acceptors (Lipinski definition) is 9. The van der Waals surface area contributed by atoms with Gasteiger partial charge >= 0.3 is 11.3 Å². The standard InChI is InChI=1S/C19H14N8O4S/c1-27-15(19(30)31-26-27)14-10(6-20)16(22)25-18(11(14)7-21)32-8-13(28)24-12-5-3-2-4-9(12)17(23)29/h2-5H,8H2,1H3,(H5-,22,23,24,25,26,28,29,30)/p+1. The number of rotatable bonds is 6. The van der Waals surface area contributed by atoms with Gasteiger partial charge in [0, 0.05) is 0 Å². The Morgan fingerprint density at radius 1 is 1.28 bits per heavy atom. The van der Waals surface area contributed by atoms with Crippen LogP contribution in [0.2, 0.25) is 0 Å². The molecule has 0 saturated heterocycles. The number of nitrogens with zero attached hydrogens (tertiary/aromatic N) is 4. The molecular formula is C19H15N8O4S+. The van der Waals surface area contributed by atoms with E-state index >= 15 is 0 Å². The number of aryl methyl sites for hydroxylation is 1. The van der Waals surface area contributed by atoms with Gasteiger partial charge in [-0.1, -0.05) is 28.6 Å². The number of nitrogens with one attached hydrogen (secondary N) is 2. The molecule has 0 bridgehead atoms. The Morgan fingerprint density at radius 2 is 1.97 bits per heavy atom. The zero-order valence-corrected chi connectivity index (χ0v) is 17.3. The normalized spacial score (nSPS) is 10.2. The lowest BCUT2D eigenvalue weighted by Gasteiger charge is -2.11. The van der Waals surface area contributed by atoms with Gasteiger partial charge in [0.1, 0.15) is 34.1 Å². The molecule has 13 heteroatoms. The average molecular weight is 451 g/mol. The van der Waals surface area contributed by atoms with E-state index in [1.807, 2.05) is 12.1 Å². The van der Waals surface area contributed by atoms with Crippen LogP contribution in [0, 0.1) is 22.7 Å². The van der Waals surface area contributed by atoms with Gasteiger partial charge in [-0.3, -0.25) is 14.1 Å². The summed E-state index contributed by atoms with van der Waals surface area (Å²) in [5.74, 6) is -1.65. The molecule has 0 radical (unpaired) electrons. The quantitative estimate of drug-likeness (QED) is 0.293. The molecule has 12 nitrogen and oxygen atoms in total. The van der Waals surface area contributed by atoms with Crippen LogP contribution in [-0.4, -0.2) is 27.8 Å². The van der Waals surface area contributed by atoms with Crippen molar-refractivity contribution in [2.24, 2.45) is 12.8 Å². The fraction of sp³-hybridized carbons (Fsp3) is 0.105. The zero-order valence-electron chi connectivity index (χ0n) is 16.5. The van der Waals surface area contributed by atoms with Crippen molar-refractivity contribution in [3.63, 3.8) is 0 Å². The first-order valence-electron chi connectivity index (χ1n) is 8.81. The first-order valence-corrected chi connectivity index (χ1v) is 9.80. The van der Waals surface area contributed by atoms with Crippen LogP contribution in [0.3, 0.4) is 0 Å². The molecule has 2 aromatic heterocycles. The van der Waals surface area contributed by atoms with Crippen LogP contribution >= 0.6 is 11.8 Å². The number of pyridine rings is 1. The molecule has 6 N–H and O–H groups in total. The molecular weight excluding hydrogens is 436 g/mol. The molecule has 32 heavy (non-hydrogen) atoms. The van der Waals surface area contributed by atoms with Crippen LogP contribution in [0.1, 0.15) is 21.5 Å². The SMILES string of the molecule is C[n+]1[nH]oc(=O)c1-c1c(C#N)c(N)nc(SCC(=O)Nc2ccccc2C(N)=O)c1C#N. The third-order valence-electron chi connectivity index (χ3n) is 4.26. The van der Waals surface area contributed by atoms with E-state index in [1.54, 1.807) is 12.1 Å². The number of primary amides is 1. The number of carbonyl (C=O) groups excluding carboxylic acids is 2. The number of hydrogen-bond donors (Lipinski definition) is 4. The highest BCUT2D eigenvalue weighted by molar-refractivity contribution is 8.00. The van der Waals surface area contributed by atoms with E-state index in [-0.39, 0.29) is 50.2 Å². The molecule has 3 rings (SSSR count). The van der Waals surface area contributed by atoms with Crippen LogP contribution in [-0.2, 0) is 11.8 Å². The highest BCUT2D eigenvalue weighted by atomic mass is 32.2. The number of aromatic amines is 1. The predicted molar refractivity (Wildman–Crippen MR) is 112 cm³/mol. The number of anilines is 2. The molecule has 0 spiro atoms. The van der Waals surface area contributed by atoms with Crippen LogP contribution in [0.4, 0.5) is 11.5 Å². The lowest BCUT2D eigenvalue weighted by atomic mass is 10.0. The molecule has 0 saturated carbocycles. The van der Waals surface area contributed by atoms with Gasteiger partial charge in [0.05, 0.1) is 22.6 Å². The number of nitriles is 2. The van der Waals surface area contributed by atoms with Crippen molar-refractivity contribution in [1.82, 2.24) is 10.3 Å². The molecule has 2 heterocycles. The van der Waals surface area contributed by atoms with Gasteiger partial charge in [-0.25, -0.2) is 9.78 Å². The van der Waals surface area contributed by atoms with Crippen LogP contribution in [0.25, 0.3) is 11.3 Å². The minimum atomic E-state index is -0.817. The molecule has 0 fully saturated rings. The predicted octanol–water partition coefficient (Wildman–Crippen LogP) is 0.00966. The molecule has 0 aliphatic carbocycles. The first-order chi connectivity index (χ1) is 15.3. The number of para-hydroxylation sites is 1. The summed E-state index contributed by atoms with van der Waals surface area (Å²) in [6.45, 7) is 0. The van der Waals surface area contributed by atoms with E-state index in [0.717, 1.165) is 11.8 Å². The second-order valence-electron chi connectivity index (χ2n) is 6.29. The number of thioether (sulfide) groups is 1. The van der Waals surface area contributed by atoms with Crippen molar-refractivity contribution in [3.05, 3.63) is 51.4 Å². The topological polar surface area (TPSA) is 209 Å². The number of nitrogens with two attached hydrogens (primary N) is 2. The maximum absolute atomic E-state index is 12.4. The van der Waals surface area contributed by atoms with E-state index in [4.69, 9.17) is 16.0 Å². The Labute approximate surface area is 184 Å². The van der Waals surface area contributed by atoms with Crippen molar-refractivity contribution < 1.29 is 18.8 Å². The van der Waals surface area contributed by atoms with Gasteiger partial charge < -0.3 is 16.8 Å². The molecule has 0 atom stereocenters. The lowest BCUT2D eigenvalue weighted by molar-refractivity contribution is -0.730. The van der Waals surface area contributed by atoms with Gasteiger partial charge in [0.25, 0.3) is 5.91 Å². The maximum atomic E-state index is 12.4. The highest BCUT2D eigenvalue weighted by Gasteiger charge is 2.31. The highest BCUT2D eigenvalue weighted by Crippen LogP contribution is 2.33. The third kappa shape index (κ3) is 4.14. The summed E-state index contributed by atoms with van der Waals surface area (Å²) in [4.78, 5) is 40.2. The number of H-pyrrole nitrogens is 1. The lowest BCUT2D eigenvalue weighted by Crippen LogP contribution is -2.34. The van der Waals surface area contributed by atoms with Crippen molar-refractivity contribution >= 4 is 35.1 Å². The Hall–Kier alpha value is -4.62. The summed E-state index contributed by atoms with van der Waals surface area (Å²) in [7, 11) is 1.45. The zero-order chi connectivity index (χ0) is 23.4.